The first-order valence-electron chi connectivity index (χ1n) is 6.59. The van der Waals surface area contributed by atoms with Gasteiger partial charge in [-0.25, -0.2) is 0 Å². The van der Waals surface area contributed by atoms with Crippen molar-refractivity contribution in [3.05, 3.63) is 17.7 Å². The number of rotatable bonds is 5. The second-order valence-electron chi connectivity index (χ2n) is 4.85. The van der Waals surface area contributed by atoms with Gasteiger partial charge in [-0.3, -0.25) is 0 Å². The molecular formula is C15H20N2O4. The molecule has 0 atom stereocenters. The molecule has 1 heterocycles. The minimum absolute atomic E-state index is 0.170. The van der Waals surface area contributed by atoms with Gasteiger partial charge in [-0.2, -0.15) is 0 Å². The first kappa shape index (κ1) is 15.0. The summed E-state index contributed by atoms with van der Waals surface area (Å²) in [7, 11) is 4.70. The van der Waals surface area contributed by atoms with Crippen LogP contribution >= 0.6 is 0 Å². The lowest BCUT2D eigenvalue weighted by Gasteiger charge is -2.15. The Morgan fingerprint density at radius 2 is 1.71 bits per heavy atom. The summed E-state index contributed by atoms with van der Waals surface area (Å²) < 4.78 is 21.5. The summed E-state index contributed by atoms with van der Waals surface area (Å²) in [5.41, 5.74) is 7.47. The van der Waals surface area contributed by atoms with Crippen molar-refractivity contribution in [3.8, 4) is 28.6 Å². The van der Waals surface area contributed by atoms with E-state index in [-0.39, 0.29) is 5.92 Å². The number of hydrogen-bond acceptors (Lipinski definition) is 6. The molecule has 1 aromatic heterocycles. The molecule has 0 fully saturated rings. The van der Waals surface area contributed by atoms with Crippen LogP contribution in [0.5, 0.6) is 17.2 Å². The fourth-order valence-electron chi connectivity index (χ4n) is 2.34. The molecule has 0 saturated heterocycles. The Kier molecular flexibility index (Phi) is 4.26. The fraction of sp³-hybridized carbons (Fsp3) is 0.400. The zero-order valence-corrected chi connectivity index (χ0v) is 12.9. The van der Waals surface area contributed by atoms with Crippen LogP contribution in [0.1, 0.15) is 25.3 Å². The van der Waals surface area contributed by atoms with Gasteiger partial charge in [-0.1, -0.05) is 19.0 Å². The topological polar surface area (TPSA) is 79.7 Å². The number of nitrogen functional groups attached to an aromatic ring is 1. The van der Waals surface area contributed by atoms with Crippen molar-refractivity contribution in [2.75, 3.05) is 27.1 Å². The molecule has 0 unspecified atom stereocenters. The van der Waals surface area contributed by atoms with Crippen molar-refractivity contribution in [1.29, 1.82) is 0 Å². The van der Waals surface area contributed by atoms with Gasteiger partial charge in [0.15, 0.2) is 23.1 Å². The van der Waals surface area contributed by atoms with Gasteiger partial charge in [0.2, 0.25) is 5.75 Å². The lowest BCUT2D eigenvalue weighted by atomic mass is 9.98. The van der Waals surface area contributed by atoms with Crippen LogP contribution in [-0.4, -0.2) is 26.5 Å². The molecule has 21 heavy (non-hydrogen) atoms. The molecule has 0 aliphatic rings. The van der Waals surface area contributed by atoms with E-state index in [0.29, 0.717) is 28.8 Å². The summed E-state index contributed by atoms with van der Waals surface area (Å²) in [6.45, 7) is 4.05. The van der Waals surface area contributed by atoms with E-state index in [2.05, 4.69) is 5.16 Å². The van der Waals surface area contributed by atoms with E-state index in [1.807, 2.05) is 19.9 Å². The molecule has 114 valence electrons. The first-order valence-corrected chi connectivity index (χ1v) is 6.59. The van der Waals surface area contributed by atoms with Crippen LogP contribution < -0.4 is 19.9 Å². The monoisotopic (exact) mass is 292 g/mol. The van der Waals surface area contributed by atoms with E-state index in [1.54, 1.807) is 27.4 Å². The Bertz CT molecular complexity index is 635. The Morgan fingerprint density at radius 3 is 2.24 bits per heavy atom. The second-order valence-corrected chi connectivity index (χ2v) is 4.85. The van der Waals surface area contributed by atoms with E-state index < -0.39 is 0 Å². The molecule has 0 radical (unpaired) electrons. The zero-order valence-electron chi connectivity index (χ0n) is 12.9. The number of nitrogens with two attached hydrogens (primary N) is 1. The molecule has 6 heteroatoms. The van der Waals surface area contributed by atoms with Crippen molar-refractivity contribution in [2.24, 2.45) is 0 Å². The molecule has 0 amide bonds. The standard InChI is InChI=1S/C15H20N2O4/c1-8(2)11-12(21-17-15(11)16)9-6-7-10(18-3)14(20-5)13(9)19-4/h6-8H,1-5H3,(H2,16,17). The van der Waals surface area contributed by atoms with Gasteiger partial charge >= 0.3 is 0 Å². The number of benzene rings is 1. The third-order valence-electron chi connectivity index (χ3n) is 3.28. The van der Waals surface area contributed by atoms with Gasteiger partial charge in [0.1, 0.15) is 0 Å². The highest BCUT2D eigenvalue weighted by Gasteiger charge is 2.25. The highest BCUT2D eigenvalue weighted by atomic mass is 16.5. The van der Waals surface area contributed by atoms with Crippen LogP contribution in [0.4, 0.5) is 5.82 Å². The van der Waals surface area contributed by atoms with Crippen molar-refractivity contribution < 1.29 is 18.7 Å². The normalized spacial score (nSPS) is 10.8. The summed E-state index contributed by atoms with van der Waals surface area (Å²) in [5, 5.41) is 3.86. The lowest BCUT2D eigenvalue weighted by Crippen LogP contribution is -1.99. The second kappa shape index (κ2) is 5.95. The summed E-state index contributed by atoms with van der Waals surface area (Å²) in [4.78, 5) is 0. The predicted molar refractivity (Wildman–Crippen MR) is 80.1 cm³/mol. The molecular weight excluding hydrogens is 272 g/mol. The Balaban J connectivity index is 2.70. The Hall–Kier alpha value is -2.37. The molecule has 0 aliphatic carbocycles. The number of hydrogen-bond donors (Lipinski definition) is 1. The minimum atomic E-state index is 0.170. The lowest BCUT2D eigenvalue weighted by molar-refractivity contribution is 0.324. The molecule has 2 N–H and O–H groups in total. The van der Waals surface area contributed by atoms with Crippen LogP contribution in [0.3, 0.4) is 0 Å². The fourth-order valence-corrected chi connectivity index (χ4v) is 2.34. The summed E-state index contributed by atoms with van der Waals surface area (Å²) in [6.07, 6.45) is 0. The van der Waals surface area contributed by atoms with Crippen molar-refractivity contribution in [3.63, 3.8) is 0 Å². The summed E-state index contributed by atoms with van der Waals surface area (Å²) >= 11 is 0. The zero-order chi connectivity index (χ0) is 15.6. The third kappa shape index (κ3) is 2.49. The first-order chi connectivity index (χ1) is 10.0. The maximum absolute atomic E-state index is 5.90. The van der Waals surface area contributed by atoms with Gasteiger partial charge < -0.3 is 24.5 Å². The van der Waals surface area contributed by atoms with Gasteiger partial charge in [-0.05, 0) is 18.1 Å². The summed E-state index contributed by atoms with van der Waals surface area (Å²) in [5.74, 6) is 2.75. The SMILES string of the molecule is COc1ccc(-c2onc(N)c2C(C)C)c(OC)c1OC. The van der Waals surface area contributed by atoms with E-state index in [1.165, 1.54) is 0 Å². The predicted octanol–water partition coefficient (Wildman–Crippen LogP) is 3.07. The number of methoxy groups -OCH3 is 3. The van der Waals surface area contributed by atoms with Gasteiger partial charge in [0, 0.05) is 5.56 Å². The molecule has 1 aromatic carbocycles. The summed E-state index contributed by atoms with van der Waals surface area (Å²) in [6, 6.07) is 3.63. The molecule has 0 bridgehead atoms. The minimum Gasteiger partial charge on any atom is -0.493 e. The number of ether oxygens (including phenoxy) is 3. The Morgan fingerprint density at radius 1 is 1.05 bits per heavy atom. The Labute approximate surface area is 123 Å². The molecule has 2 aromatic rings. The maximum Gasteiger partial charge on any atom is 0.204 e. The quantitative estimate of drug-likeness (QED) is 0.912. The van der Waals surface area contributed by atoms with Gasteiger partial charge in [0.25, 0.3) is 0 Å². The van der Waals surface area contributed by atoms with E-state index in [0.717, 1.165) is 11.1 Å². The molecule has 0 saturated carbocycles. The van der Waals surface area contributed by atoms with Crippen molar-refractivity contribution >= 4 is 5.82 Å². The average Bonchev–Trinajstić information content (AvgIpc) is 2.87. The molecule has 0 spiro atoms. The molecule has 0 aliphatic heterocycles. The van der Waals surface area contributed by atoms with Gasteiger partial charge in [0.05, 0.1) is 26.9 Å². The van der Waals surface area contributed by atoms with E-state index >= 15 is 0 Å². The third-order valence-corrected chi connectivity index (χ3v) is 3.28. The van der Waals surface area contributed by atoms with E-state index in [4.69, 9.17) is 24.5 Å². The van der Waals surface area contributed by atoms with Crippen LogP contribution in [0, 0.1) is 0 Å². The maximum atomic E-state index is 5.90. The van der Waals surface area contributed by atoms with E-state index in [9.17, 15) is 0 Å². The number of aromatic nitrogens is 1. The largest absolute Gasteiger partial charge is 0.493 e. The smallest absolute Gasteiger partial charge is 0.204 e. The average molecular weight is 292 g/mol. The van der Waals surface area contributed by atoms with Crippen LogP contribution in [-0.2, 0) is 0 Å². The van der Waals surface area contributed by atoms with Crippen LogP contribution in [0.15, 0.2) is 16.7 Å². The highest BCUT2D eigenvalue weighted by molar-refractivity contribution is 5.77. The molecule has 6 nitrogen and oxygen atoms in total. The molecule has 2 rings (SSSR count). The van der Waals surface area contributed by atoms with Crippen LogP contribution in [0.25, 0.3) is 11.3 Å². The number of nitrogens with zero attached hydrogens (tertiary/aromatic N) is 1. The number of anilines is 1. The van der Waals surface area contributed by atoms with Gasteiger partial charge in [-0.15, -0.1) is 0 Å². The highest BCUT2D eigenvalue weighted by Crippen LogP contribution is 2.46. The van der Waals surface area contributed by atoms with Crippen molar-refractivity contribution in [2.45, 2.75) is 19.8 Å². The van der Waals surface area contributed by atoms with Crippen LogP contribution in [0.2, 0.25) is 0 Å². The van der Waals surface area contributed by atoms with Crippen molar-refractivity contribution in [1.82, 2.24) is 5.16 Å².